The van der Waals surface area contributed by atoms with Gasteiger partial charge < -0.3 is 14.7 Å². The quantitative estimate of drug-likeness (QED) is 0.331. The Morgan fingerprint density at radius 2 is 2.21 bits per heavy atom. The molecule has 4 rings (SSSR count). The van der Waals surface area contributed by atoms with E-state index in [2.05, 4.69) is 23.8 Å². The zero-order valence-electron chi connectivity index (χ0n) is 21.7. The number of aliphatic hydroxyl groups is 1. The van der Waals surface area contributed by atoms with Crippen LogP contribution in [-0.2, 0) is 4.79 Å². The van der Waals surface area contributed by atoms with Crippen molar-refractivity contribution in [2.75, 3.05) is 32.1 Å². The summed E-state index contributed by atoms with van der Waals surface area (Å²) < 4.78 is 6.57. The predicted octanol–water partition coefficient (Wildman–Crippen LogP) is 5.41. The van der Waals surface area contributed by atoms with E-state index in [1.807, 2.05) is 34.2 Å². The van der Waals surface area contributed by atoms with Gasteiger partial charge >= 0.3 is 0 Å². The Kier molecular flexibility index (Phi) is 9.61. The van der Waals surface area contributed by atoms with E-state index in [1.165, 1.54) is 40.5 Å². The molecule has 1 saturated heterocycles. The first-order valence-electron chi connectivity index (χ1n) is 12.4. The molecule has 2 N–H and O–H groups in total. The number of carbonyl (C=O) groups is 2. The molecule has 1 unspecified atom stereocenters. The molecule has 38 heavy (non-hydrogen) atoms. The SMILES string of the molecule is C=CC(=O)N1CCCN(C(O)c2cc(Sc3cnc(NC(=O)c4ccsc4)s3)c(C)cc2OC)C[C@H]1CC. The third-order valence-corrected chi connectivity index (χ3v) is 9.37. The van der Waals surface area contributed by atoms with E-state index < -0.39 is 6.23 Å². The lowest BCUT2D eigenvalue weighted by molar-refractivity contribution is -0.128. The smallest absolute Gasteiger partial charge is 0.258 e. The van der Waals surface area contributed by atoms with Crippen LogP contribution in [0.1, 0.15) is 47.5 Å². The normalized spacial score (nSPS) is 17.1. The molecule has 0 bridgehead atoms. The Morgan fingerprint density at radius 3 is 2.89 bits per heavy atom. The number of anilines is 1. The molecule has 2 amide bonds. The topological polar surface area (TPSA) is 95.0 Å². The molecule has 1 aliphatic heterocycles. The number of nitrogens with zero attached hydrogens (tertiary/aromatic N) is 3. The van der Waals surface area contributed by atoms with E-state index in [9.17, 15) is 14.7 Å². The molecule has 0 spiro atoms. The first-order chi connectivity index (χ1) is 18.3. The van der Waals surface area contributed by atoms with Gasteiger partial charge in [0.25, 0.3) is 5.91 Å². The van der Waals surface area contributed by atoms with Crippen LogP contribution in [0.25, 0.3) is 0 Å². The minimum atomic E-state index is -0.889. The van der Waals surface area contributed by atoms with Crippen molar-refractivity contribution in [2.45, 2.75) is 48.1 Å². The monoisotopic (exact) mass is 572 g/mol. The number of thiophene rings is 1. The molecule has 2 aromatic heterocycles. The van der Waals surface area contributed by atoms with E-state index in [0.717, 1.165) is 27.5 Å². The number of hydrogen-bond donors (Lipinski definition) is 2. The van der Waals surface area contributed by atoms with E-state index in [-0.39, 0.29) is 17.9 Å². The molecular formula is C27H32N4O4S3. The van der Waals surface area contributed by atoms with Gasteiger partial charge in [-0.15, -0.1) is 0 Å². The summed E-state index contributed by atoms with van der Waals surface area (Å²) in [5.41, 5.74) is 2.29. The highest BCUT2D eigenvalue weighted by Gasteiger charge is 2.31. The second kappa shape index (κ2) is 12.9. The fraction of sp³-hybridized carbons (Fsp3) is 0.370. The number of thiazole rings is 1. The van der Waals surface area contributed by atoms with Crippen LogP contribution in [0.5, 0.6) is 5.75 Å². The highest BCUT2D eigenvalue weighted by molar-refractivity contribution is 8.01. The number of aryl methyl sites for hydroxylation is 1. The van der Waals surface area contributed by atoms with Gasteiger partial charge in [-0.25, -0.2) is 4.98 Å². The number of hydrogen-bond acceptors (Lipinski definition) is 9. The van der Waals surface area contributed by atoms with Gasteiger partial charge in [-0.05, 0) is 55.0 Å². The summed E-state index contributed by atoms with van der Waals surface area (Å²) in [6, 6.07) is 5.66. The van der Waals surface area contributed by atoms with Crippen molar-refractivity contribution >= 4 is 51.4 Å². The lowest BCUT2D eigenvalue weighted by Gasteiger charge is -2.33. The second-order valence-corrected chi connectivity index (χ2v) is 12.1. The van der Waals surface area contributed by atoms with Crippen molar-refractivity contribution in [3.63, 3.8) is 0 Å². The number of nitrogens with one attached hydrogen (secondary N) is 1. The molecule has 11 heteroatoms. The van der Waals surface area contributed by atoms with Crippen molar-refractivity contribution in [2.24, 2.45) is 0 Å². The Morgan fingerprint density at radius 1 is 1.39 bits per heavy atom. The Bertz CT molecular complexity index is 1280. The molecular weight excluding hydrogens is 541 g/mol. The second-order valence-electron chi connectivity index (χ2n) is 8.93. The van der Waals surface area contributed by atoms with Crippen molar-refractivity contribution in [1.29, 1.82) is 0 Å². The minimum Gasteiger partial charge on any atom is -0.496 e. The lowest BCUT2D eigenvalue weighted by Crippen LogP contribution is -2.44. The standard InChI is InChI=1S/C27H32N4O4S3/c1-5-19-15-30(9-7-10-31(19)23(32)6-2)26(34)20-13-22(17(3)12-21(20)35-4)37-24-14-28-27(38-24)29-25(33)18-8-11-36-16-18/h6,8,11-14,16,19,26,34H,2,5,7,9-10,15H2,1,3-4H3,(H,28,29,33)/t19-,26?/m1/s1. The number of carbonyl (C=O) groups excluding carboxylic acids is 2. The maximum absolute atomic E-state index is 12.4. The van der Waals surface area contributed by atoms with Crippen LogP contribution in [0.2, 0.25) is 0 Å². The van der Waals surface area contributed by atoms with Crippen LogP contribution in [0.3, 0.4) is 0 Å². The Labute approximate surface area is 235 Å². The van der Waals surface area contributed by atoms with E-state index in [1.54, 1.807) is 24.8 Å². The fourth-order valence-electron chi connectivity index (χ4n) is 4.46. The largest absolute Gasteiger partial charge is 0.496 e. The van der Waals surface area contributed by atoms with Gasteiger partial charge in [0, 0.05) is 41.5 Å². The lowest BCUT2D eigenvalue weighted by atomic mass is 10.1. The van der Waals surface area contributed by atoms with Crippen molar-refractivity contribution in [1.82, 2.24) is 14.8 Å². The molecule has 2 atom stereocenters. The molecule has 3 aromatic rings. The molecule has 1 aromatic carbocycles. The summed E-state index contributed by atoms with van der Waals surface area (Å²) in [6.45, 7) is 9.54. The van der Waals surface area contributed by atoms with Crippen LogP contribution in [0.4, 0.5) is 5.13 Å². The van der Waals surface area contributed by atoms with Crippen LogP contribution in [-0.4, -0.2) is 64.5 Å². The van der Waals surface area contributed by atoms with Crippen LogP contribution >= 0.6 is 34.4 Å². The van der Waals surface area contributed by atoms with Gasteiger partial charge in [0.1, 0.15) is 12.0 Å². The molecule has 0 saturated carbocycles. The first-order valence-corrected chi connectivity index (χ1v) is 14.9. The van der Waals surface area contributed by atoms with Crippen LogP contribution < -0.4 is 10.1 Å². The summed E-state index contributed by atoms with van der Waals surface area (Å²) in [5.74, 6) is 0.360. The third-order valence-electron chi connectivity index (χ3n) is 6.51. The van der Waals surface area contributed by atoms with Gasteiger partial charge in [0.2, 0.25) is 5.91 Å². The first kappa shape index (κ1) is 28.3. The van der Waals surface area contributed by atoms with Crippen LogP contribution in [0, 0.1) is 6.92 Å². The van der Waals surface area contributed by atoms with E-state index in [0.29, 0.717) is 41.6 Å². The maximum Gasteiger partial charge on any atom is 0.258 e. The summed E-state index contributed by atoms with van der Waals surface area (Å²) in [6.07, 6.45) is 3.75. The van der Waals surface area contributed by atoms with Gasteiger partial charge in [0.15, 0.2) is 5.13 Å². The fourth-order valence-corrected chi connectivity index (χ4v) is 7.05. The number of rotatable bonds is 9. The number of ether oxygens (including phenoxy) is 1. The number of amides is 2. The van der Waals surface area contributed by atoms with Gasteiger partial charge in [-0.3, -0.25) is 19.8 Å². The zero-order valence-corrected chi connectivity index (χ0v) is 24.1. The predicted molar refractivity (Wildman–Crippen MR) is 153 cm³/mol. The number of benzene rings is 1. The highest BCUT2D eigenvalue weighted by atomic mass is 32.2. The number of methoxy groups -OCH3 is 1. The average molecular weight is 573 g/mol. The number of aromatic nitrogens is 1. The average Bonchev–Trinajstić information content (AvgIpc) is 3.57. The summed E-state index contributed by atoms with van der Waals surface area (Å²) >= 11 is 4.40. The molecule has 202 valence electrons. The molecule has 8 nitrogen and oxygen atoms in total. The van der Waals surface area contributed by atoms with Crippen molar-refractivity contribution < 1.29 is 19.4 Å². The highest BCUT2D eigenvalue weighted by Crippen LogP contribution is 2.40. The van der Waals surface area contributed by atoms with E-state index >= 15 is 0 Å². The molecule has 0 aliphatic carbocycles. The van der Waals surface area contributed by atoms with Crippen molar-refractivity contribution in [3.8, 4) is 5.75 Å². The molecule has 0 radical (unpaired) electrons. The Balaban J connectivity index is 1.53. The van der Waals surface area contributed by atoms with Crippen molar-refractivity contribution in [3.05, 3.63) is 64.5 Å². The zero-order chi connectivity index (χ0) is 27.2. The third kappa shape index (κ3) is 6.47. The molecule has 1 aliphatic rings. The summed E-state index contributed by atoms with van der Waals surface area (Å²) in [4.78, 5) is 33.9. The molecule has 1 fully saturated rings. The van der Waals surface area contributed by atoms with Gasteiger partial charge in [-0.1, -0.05) is 36.6 Å². The van der Waals surface area contributed by atoms with Gasteiger partial charge in [-0.2, -0.15) is 11.3 Å². The summed E-state index contributed by atoms with van der Waals surface area (Å²) in [7, 11) is 1.60. The minimum absolute atomic E-state index is 0.0113. The number of aliphatic hydroxyl groups excluding tert-OH is 1. The maximum atomic E-state index is 12.4. The summed E-state index contributed by atoms with van der Waals surface area (Å²) in [5, 5.41) is 18.6. The molecule has 3 heterocycles. The Hall–Kier alpha value is -2.70. The van der Waals surface area contributed by atoms with E-state index in [4.69, 9.17) is 4.74 Å². The van der Waals surface area contributed by atoms with Gasteiger partial charge in [0.05, 0.1) is 23.1 Å². The van der Waals surface area contributed by atoms with Crippen LogP contribution in [0.15, 0.2) is 56.9 Å².